The van der Waals surface area contributed by atoms with Gasteiger partial charge in [-0.2, -0.15) is 5.10 Å². The fourth-order valence-electron chi connectivity index (χ4n) is 4.48. The van der Waals surface area contributed by atoms with Gasteiger partial charge in [-0.1, -0.05) is 6.07 Å². The highest BCUT2D eigenvalue weighted by Crippen LogP contribution is 2.36. The maximum Gasteiger partial charge on any atom is 0.337 e. The Balaban J connectivity index is 1.36. The Morgan fingerprint density at radius 2 is 1.81 bits per heavy atom. The number of benzene rings is 3. The number of aliphatic hydroxyl groups excluding tert-OH is 1. The second-order valence-corrected chi connectivity index (χ2v) is 11.6. The molecule has 14 nitrogen and oxygen atoms in total. The molecule has 0 radical (unpaired) electrons. The van der Waals surface area contributed by atoms with Crippen molar-refractivity contribution in [1.82, 2.24) is 16.1 Å². The number of non-ortho nitro benzene ring substituents is 1. The summed E-state index contributed by atoms with van der Waals surface area (Å²) < 4.78 is 23.6. The van der Waals surface area contributed by atoms with Crippen LogP contribution < -0.4 is 30.3 Å². The van der Waals surface area contributed by atoms with E-state index in [2.05, 4.69) is 53.0 Å². The number of nitro groups is 1. The Kier molecular flexibility index (Phi) is 12.2. The van der Waals surface area contributed by atoms with Gasteiger partial charge < -0.3 is 34.7 Å². The number of urea groups is 1. The number of esters is 1. The zero-order valence-corrected chi connectivity index (χ0v) is 28.6. The van der Waals surface area contributed by atoms with E-state index in [0.717, 1.165) is 5.56 Å². The molecule has 0 saturated heterocycles. The van der Waals surface area contributed by atoms with Gasteiger partial charge in [0.05, 0.1) is 45.4 Å². The van der Waals surface area contributed by atoms with Crippen molar-refractivity contribution in [3.8, 4) is 17.2 Å². The number of allylic oxidation sites excluding steroid dienone is 1. The van der Waals surface area contributed by atoms with Crippen LogP contribution in [0, 0.1) is 10.1 Å². The summed E-state index contributed by atoms with van der Waals surface area (Å²) in [5, 5.41) is 30.7. The van der Waals surface area contributed by atoms with Gasteiger partial charge in [0.25, 0.3) is 5.69 Å². The van der Waals surface area contributed by atoms with Gasteiger partial charge in [-0.25, -0.2) is 9.59 Å². The van der Waals surface area contributed by atoms with Crippen molar-refractivity contribution in [2.75, 3.05) is 20.3 Å². The van der Waals surface area contributed by atoms with Crippen LogP contribution in [-0.2, 0) is 16.1 Å². The molecule has 0 spiro atoms. The molecule has 0 fully saturated rings. The molecule has 2 atom stereocenters. The highest BCUT2D eigenvalue weighted by Gasteiger charge is 2.32. The number of nitrogens with one attached hydrogen (secondary N) is 3. The first-order valence-corrected chi connectivity index (χ1v) is 15.7. The molecule has 0 aliphatic carbocycles. The number of ether oxygens (including phenoxy) is 4. The van der Waals surface area contributed by atoms with Gasteiger partial charge >= 0.3 is 12.0 Å². The molecule has 0 unspecified atom stereocenters. The lowest BCUT2D eigenvalue weighted by Gasteiger charge is -2.28. The molecule has 0 saturated carbocycles. The predicted molar refractivity (Wildman–Crippen MR) is 178 cm³/mol. The van der Waals surface area contributed by atoms with Crippen molar-refractivity contribution in [3.63, 3.8) is 0 Å². The molecule has 4 N–H and O–H groups in total. The third-order valence-electron chi connectivity index (χ3n) is 6.66. The molecule has 3 aromatic rings. The summed E-state index contributed by atoms with van der Waals surface area (Å²) in [7, 11) is 1.26. The summed E-state index contributed by atoms with van der Waals surface area (Å²) in [6.07, 6.45) is 0.317. The van der Waals surface area contributed by atoms with Crippen LogP contribution in [0.3, 0.4) is 0 Å². The summed E-state index contributed by atoms with van der Waals surface area (Å²) in [6.45, 7) is 3.74. The van der Waals surface area contributed by atoms with Crippen LogP contribution in [0.5, 0.6) is 17.2 Å². The Morgan fingerprint density at radius 1 is 1.11 bits per heavy atom. The quantitative estimate of drug-likeness (QED) is 0.0557. The van der Waals surface area contributed by atoms with E-state index in [4.69, 9.17) is 18.9 Å². The van der Waals surface area contributed by atoms with Gasteiger partial charge in [-0.05, 0) is 98.8 Å². The van der Waals surface area contributed by atoms with Crippen molar-refractivity contribution >= 4 is 55.8 Å². The summed E-state index contributed by atoms with van der Waals surface area (Å²) in [4.78, 5) is 35.0. The zero-order valence-electron chi connectivity index (χ0n) is 25.4. The van der Waals surface area contributed by atoms with E-state index in [1.807, 2.05) is 0 Å². The van der Waals surface area contributed by atoms with Crippen LogP contribution in [0.1, 0.15) is 36.6 Å². The maximum absolute atomic E-state index is 12.4. The SMILES string of the molecule is CCOc1cc([C@H]2NC(=O)NC(C)=C2C(=O)OC)ccc1OC[C@@H](O)N/N=C\c1cc(Br)c(OCc2ccc([N+](=O)[O-])cc2)c(Br)c1. The average molecular weight is 777 g/mol. The third-order valence-corrected chi connectivity index (χ3v) is 7.84. The lowest BCUT2D eigenvalue weighted by atomic mass is 9.95. The number of hydrazone groups is 1. The minimum atomic E-state index is -1.18. The number of nitro benzene ring substituents is 1. The smallest absolute Gasteiger partial charge is 0.337 e. The number of amides is 2. The number of methoxy groups -OCH3 is 1. The first-order valence-electron chi connectivity index (χ1n) is 14.1. The number of hydrogen-bond acceptors (Lipinski definition) is 11. The Bertz CT molecular complexity index is 1680. The van der Waals surface area contributed by atoms with Gasteiger partial charge in [-0.15, -0.1) is 0 Å². The van der Waals surface area contributed by atoms with Crippen molar-refractivity contribution in [1.29, 1.82) is 0 Å². The summed E-state index contributed by atoms with van der Waals surface area (Å²) in [5.74, 6) is 0.629. The topological polar surface area (TPSA) is 183 Å². The molecule has 47 heavy (non-hydrogen) atoms. The molecule has 0 aromatic heterocycles. The number of carbonyl (C=O) groups is 2. The van der Waals surface area contributed by atoms with Crippen LogP contribution in [0.2, 0.25) is 0 Å². The van der Waals surface area contributed by atoms with Crippen molar-refractivity contribution in [2.45, 2.75) is 32.7 Å². The minimum absolute atomic E-state index is 0.00373. The number of rotatable bonds is 14. The lowest BCUT2D eigenvalue weighted by molar-refractivity contribution is -0.384. The maximum atomic E-state index is 12.4. The molecule has 1 aliphatic rings. The van der Waals surface area contributed by atoms with Gasteiger partial charge in [0.2, 0.25) is 0 Å². The summed E-state index contributed by atoms with van der Waals surface area (Å²) in [5.41, 5.74) is 5.25. The van der Waals surface area contributed by atoms with Gasteiger partial charge in [-0.3, -0.25) is 15.5 Å². The molecule has 16 heteroatoms. The second kappa shape index (κ2) is 16.2. The Morgan fingerprint density at radius 3 is 2.45 bits per heavy atom. The molecule has 248 valence electrons. The first kappa shape index (κ1) is 35.2. The van der Waals surface area contributed by atoms with Crippen LogP contribution >= 0.6 is 31.9 Å². The van der Waals surface area contributed by atoms with Crippen LogP contribution in [0.4, 0.5) is 10.5 Å². The van der Waals surface area contributed by atoms with E-state index in [1.165, 1.54) is 25.5 Å². The van der Waals surface area contributed by atoms with E-state index in [9.17, 15) is 24.8 Å². The number of carbonyl (C=O) groups excluding carboxylic acids is 2. The second-order valence-electron chi connectivity index (χ2n) is 9.94. The molecular formula is C31H31Br2N5O9. The largest absolute Gasteiger partial charge is 0.490 e. The van der Waals surface area contributed by atoms with Crippen LogP contribution in [0.15, 0.2) is 79.9 Å². The first-order chi connectivity index (χ1) is 22.5. The molecule has 1 heterocycles. The Labute approximate surface area is 286 Å². The third kappa shape index (κ3) is 9.21. The number of aliphatic hydroxyl groups is 1. The number of nitrogens with zero attached hydrogens (tertiary/aromatic N) is 2. The van der Waals surface area contributed by atoms with E-state index in [-0.39, 0.29) is 24.5 Å². The average Bonchev–Trinajstić information content (AvgIpc) is 3.03. The van der Waals surface area contributed by atoms with E-state index in [1.54, 1.807) is 56.3 Å². The van der Waals surface area contributed by atoms with E-state index in [0.29, 0.717) is 49.6 Å². The van der Waals surface area contributed by atoms with Crippen molar-refractivity contribution < 1.29 is 38.6 Å². The zero-order chi connectivity index (χ0) is 34.1. The molecule has 1 aliphatic heterocycles. The predicted octanol–water partition coefficient (Wildman–Crippen LogP) is 5.22. The summed E-state index contributed by atoms with van der Waals surface area (Å²) >= 11 is 6.97. The molecular weight excluding hydrogens is 746 g/mol. The van der Waals surface area contributed by atoms with Crippen LogP contribution in [0.25, 0.3) is 0 Å². The van der Waals surface area contributed by atoms with E-state index >= 15 is 0 Å². The highest BCUT2D eigenvalue weighted by molar-refractivity contribution is 9.11. The fraction of sp³-hybridized carbons (Fsp3) is 0.258. The standard InChI is InChI=1S/C31H31Br2N5O9/c1-4-45-25-13-20(28-27(30(40)44-3)17(2)35-31(41)36-28)7-10-24(25)46-16-26(39)37-34-14-19-11-22(32)29(23(33)12-19)47-15-18-5-8-21(9-6-18)38(42)43/h5-14,26,28,37,39H,4,15-16H2,1-3H3,(H2,35,36,41)/b34-14-/t26-,28-/m1/s1. The minimum Gasteiger partial charge on any atom is -0.490 e. The Hall–Kier alpha value is -4.67. The van der Waals surface area contributed by atoms with Crippen molar-refractivity contribution in [3.05, 3.63) is 102 Å². The normalized spacial score (nSPS) is 15.0. The molecule has 0 bridgehead atoms. The highest BCUT2D eigenvalue weighted by atomic mass is 79.9. The van der Waals surface area contributed by atoms with Gasteiger partial charge in [0, 0.05) is 17.8 Å². The molecule has 3 aromatic carbocycles. The van der Waals surface area contributed by atoms with Gasteiger partial charge in [0.1, 0.15) is 19.0 Å². The molecule has 4 rings (SSSR count). The summed E-state index contributed by atoms with van der Waals surface area (Å²) in [6, 6.07) is 13.4. The number of hydrogen-bond donors (Lipinski definition) is 4. The molecule has 2 amide bonds. The van der Waals surface area contributed by atoms with Gasteiger partial charge in [0.15, 0.2) is 17.7 Å². The number of halogens is 2. The lowest BCUT2D eigenvalue weighted by Crippen LogP contribution is -2.45. The monoisotopic (exact) mass is 775 g/mol. The van der Waals surface area contributed by atoms with E-state index < -0.39 is 29.2 Å². The van der Waals surface area contributed by atoms with Crippen molar-refractivity contribution in [2.24, 2.45) is 5.10 Å². The fourth-order valence-corrected chi connectivity index (χ4v) is 5.93. The van der Waals surface area contributed by atoms with Crippen LogP contribution in [-0.4, -0.2) is 54.8 Å².